The van der Waals surface area contributed by atoms with Crippen LogP contribution in [0.5, 0.6) is 5.75 Å². The summed E-state index contributed by atoms with van der Waals surface area (Å²) in [4.78, 5) is 32.1. The predicted molar refractivity (Wildman–Crippen MR) is 118 cm³/mol. The molecule has 0 radical (unpaired) electrons. The van der Waals surface area contributed by atoms with E-state index in [1.807, 2.05) is 31.2 Å². The van der Waals surface area contributed by atoms with Gasteiger partial charge in [0.25, 0.3) is 5.56 Å². The largest absolute Gasteiger partial charge is 0.494 e. The Kier molecular flexibility index (Phi) is 5.65. The van der Waals surface area contributed by atoms with Crippen LogP contribution in [0.2, 0.25) is 0 Å². The van der Waals surface area contributed by atoms with Gasteiger partial charge in [-0.2, -0.15) is 0 Å². The smallest absolute Gasteiger partial charge is 0.267 e. The highest BCUT2D eigenvalue weighted by Gasteiger charge is 2.24. The van der Waals surface area contributed by atoms with Crippen LogP contribution in [0.15, 0.2) is 34.2 Å². The van der Waals surface area contributed by atoms with Crippen molar-refractivity contribution in [2.45, 2.75) is 49.9 Å². The summed E-state index contributed by atoms with van der Waals surface area (Å²) in [6.07, 6.45) is 4.16. The van der Waals surface area contributed by atoms with Gasteiger partial charge in [-0.15, -0.1) is 11.3 Å². The molecule has 1 atom stereocenters. The van der Waals surface area contributed by atoms with E-state index in [4.69, 9.17) is 15.5 Å². The number of carbonyl (C=O) groups excluding carboxylic acids is 1. The first kappa shape index (κ1) is 20.0. The second kappa shape index (κ2) is 8.20. The number of thiophene rings is 1. The predicted octanol–water partition coefficient (Wildman–Crippen LogP) is 3.69. The van der Waals surface area contributed by atoms with E-state index in [2.05, 4.69) is 0 Å². The molecule has 0 saturated heterocycles. The highest BCUT2D eigenvalue weighted by Crippen LogP contribution is 2.35. The molecular weight excluding hydrogens is 406 g/mol. The van der Waals surface area contributed by atoms with Gasteiger partial charge in [-0.3, -0.25) is 14.2 Å². The van der Waals surface area contributed by atoms with Gasteiger partial charge in [0.1, 0.15) is 10.6 Å². The lowest BCUT2D eigenvalue weighted by Crippen LogP contribution is -2.26. The van der Waals surface area contributed by atoms with Crippen molar-refractivity contribution in [3.8, 4) is 11.4 Å². The summed E-state index contributed by atoms with van der Waals surface area (Å²) in [5.74, 6) is 0.305. The number of hydrogen-bond donors (Lipinski definition) is 1. The maximum atomic E-state index is 13.6. The van der Waals surface area contributed by atoms with Crippen molar-refractivity contribution >= 4 is 39.2 Å². The molecule has 6 nitrogen and oxygen atoms in total. The molecule has 2 heterocycles. The van der Waals surface area contributed by atoms with Crippen molar-refractivity contribution in [2.24, 2.45) is 5.73 Å². The molecule has 8 heteroatoms. The lowest BCUT2D eigenvalue weighted by atomic mass is 9.97. The van der Waals surface area contributed by atoms with E-state index in [0.717, 1.165) is 47.2 Å². The molecule has 0 saturated carbocycles. The quantitative estimate of drug-likeness (QED) is 0.477. The number of nitrogens with two attached hydrogens (primary N) is 1. The number of nitrogens with zero attached hydrogens (tertiary/aromatic N) is 2. The summed E-state index contributed by atoms with van der Waals surface area (Å²) < 4.78 is 7.12. The fraction of sp³-hybridized carbons (Fsp3) is 0.381. The van der Waals surface area contributed by atoms with Crippen LogP contribution in [-0.2, 0) is 17.6 Å². The normalized spacial score (nSPS) is 14.6. The number of thioether (sulfide) groups is 1. The number of rotatable bonds is 6. The van der Waals surface area contributed by atoms with Crippen LogP contribution >= 0.6 is 23.1 Å². The highest BCUT2D eigenvalue weighted by atomic mass is 32.2. The van der Waals surface area contributed by atoms with Gasteiger partial charge in [-0.05, 0) is 69.4 Å². The number of fused-ring (bicyclic) bond motifs is 3. The third kappa shape index (κ3) is 3.79. The molecule has 0 fully saturated rings. The number of aryl methyl sites for hydroxylation is 2. The topological polar surface area (TPSA) is 87.2 Å². The molecule has 2 aromatic heterocycles. The van der Waals surface area contributed by atoms with Crippen LogP contribution < -0.4 is 16.0 Å². The third-order valence-electron chi connectivity index (χ3n) is 5.05. The summed E-state index contributed by atoms with van der Waals surface area (Å²) in [5, 5.41) is 0.703. The maximum absolute atomic E-state index is 13.6. The number of hydrogen-bond acceptors (Lipinski definition) is 6. The number of primary amides is 1. The van der Waals surface area contributed by atoms with Gasteiger partial charge >= 0.3 is 0 Å². The molecule has 1 aliphatic rings. The summed E-state index contributed by atoms with van der Waals surface area (Å²) in [6.45, 7) is 4.23. The molecule has 152 valence electrons. The van der Waals surface area contributed by atoms with Gasteiger partial charge in [0, 0.05) is 4.88 Å². The molecular formula is C21H23N3O3S2. The van der Waals surface area contributed by atoms with Gasteiger partial charge in [0.15, 0.2) is 5.16 Å². The lowest BCUT2D eigenvalue weighted by Gasteiger charge is -2.15. The molecule has 1 amide bonds. The summed E-state index contributed by atoms with van der Waals surface area (Å²) in [5.41, 5.74) is 7.22. The van der Waals surface area contributed by atoms with Gasteiger partial charge in [-0.25, -0.2) is 4.98 Å². The van der Waals surface area contributed by atoms with Crippen molar-refractivity contribution in [1.29, 1.82) is 0 Å². The van der Waals surface area contributed by atoms with E-state index in [0.29, 0.717) is 17.5 Å². The lowest BCUT2D eigenvalue weighted by molar-refractivity contribution is -0.117. The van der Waals surface area contributed by atoms with Crippen molar-refractivity contribution < 1.29 is 9.53 Å². The second-order valence-electron chi connectivity index (χ2n) is 7.02. The summed E-state index contributed by atoms with van der Waals surface area (Å²) in [6, 6.07) is 7.37. The molecule has 0 bridgehead atoms. The minimum Gasteiger partial charge on any atom is -0.494 e. The molecule has 4 rings (SSSR count). The van der Waals surface area contributed by atoms with Crippen molar-refractivity contribution in [3.63, 3.8) is 0 Å². The Balaban J connectivity index is 1.92. The van der Waals surface area contributed by atoms with Crippen molar-refractivity contribution in [3.05, 3.63) is 45.1 Å². The molecule has 0 aliphatic heterocycles. The molecule has 1 aromatic carbocycles. The standard InChI is InChI=1S/C21H23N3O3S2/c1-3-27-14-10-8-13(9-11-14)24-20(26)17-15-6-4-5-7-16(15)29-19(17)23-21(24)28-12(2)18(22)25/h8-12H,3-7H2,1-2H3,(H2,22,25). The highest BCUT2D eigenvalue weighted by molar-refractivity contribution is 8.00. The Labute approximate surface area is 177 Å². The first-order valence-electron chi connectivity index (χ1n) is 9.76. The van der Waals surface area contributed by atoms with Gasteiger partial charge in [0.05, 0.1) is 22.9 Å². The Bertz CT molecular complexity index is 1120. The fourth-order valence-corrected chi connectivity index (χ4v) is 5.75. The first-order chi connectivity index (χ1) is 14.0. The zero-order valence-corrected chi connectivity index (χ0v) is 18.1. The van der Waals surface area contributed by atoms with E-state index in [9.17, 15) is 9.59 Å². The molecule has 29 heavy (non-hydrogen) atoms. The average molecular weight is 430 g/mol. The minimum atomic E-state index is -0.497. The SMILES string of the molecule is CCOc1ccc(-n2c(SC(C)C(N)=O)nc3sc4c(c3c2=O)CCCC4)cc1. The Morgan fingerprint density at radius 2 is 2.03 bits per heavy atom. The maximum Gasteiger partial charge on any atom is 0.267 e. The molecule has 0 spiro atoms. The number of amides is 1. The summed E-state index contributed by atoms with van der Waals surface area (Å²) in [7, 11) is 0. The van der Waals surface area contributed by atoms with E-state index < -0.39 is 11.2 Å². The molecule has 3 aromatic rings. The van der Waals surface area contributed by atoms with E-state index in [1.165, 1.54) is 16.6 Å². The van der Waals surface area contributed by atoms with Gasteiger partial charge in [-0.1, -0.05) is 11.8 Å². The molecule has 1 unspecified atom stereocenters. The summed E-state index contributed by atoms with van der Waals surface area (Å²) >= 11 is 2.82. The van der Waals surface area contributed by atoms with Crippen LogP contribution in [0, 0.1) is 0 Å². The van der Waals surface area contributed by atoms with Gasteiger partial charge < -0.3 is 10.5 Å². The van der Waals surface area contributed by atoms with Crippen LogP contribution in [0.4, 0.5) is 0 Å². The number of ether oxygens (including phenoxy) is 1. The van der Waals surface area contributed by atoms with Gasteiger partial charge in [0.2, 0.25) is 5.91 Å². The number of aromatic nitrogens is 2. The Morgan fingerprint density at radius 1 is 1.31 bits per heavy atom. The van der Waals surface area contributed by atoms with Crippen LogP contribution in [0.3, 0.4) is 0 Å². The average Bonchev–Trinajstić information content (AvgIpc) is 3.08. The Hall–Kier alpha value is -2.32. The van der Waals surface area contributed by atoms with Crippen molar-refractivity contribution in [2.75, 3.05) is 6.61 Å². The first-order valence-corrected chi connectivity index (χ1v) is 11.5. The zero-order valence-electron chi connectivity index (χ0n) is 16.4. The zero-order chi connectivity index (χ0) is 20.5. The molecule has 1 aliphatic carbocycles. The molecule has 2 N–H and O–H groups in total. The van der Waals surface area contributed by atoms with E-state index >= 15 is 0 Å². The third-order valence-corrected chi connectivity index (χ3v) is 7.30. The number of carbonyl (C=O) groups is 1. The monoisotopic (exact) mass is 429 g/mol. The van der Waals surface area contributed by atoms with E-state index in [1.54, 1.807) is 22.8 Å². The van der Waals surface area contributed by atoms with Crippen LogP contribution in [0.1, 0.15) is 37.1 Å². The number of benzene rings is 1. The van der Waals surface area contributed by atoms with Crippen LogP contribution in [0.25, 0.3) is 15.9 Å². The second-order valence-corrected chi connectivity index (χ2v) is 9.41. The van der Waals surface area contributed by atoms with Crippen molar-refractivity contribution in [1.82, 2.24) is 9.55 Å². The Morgan fingerprint density at radius 3 is 2.72 bits per heavy atom. The fourth-order valence-electron chi connectivity index (χ4n) is 3.57. The van der Waals surface area contributed by atoms with E-state index in [-0.39, 0.29) is 5.56 Å². The van der Waals surface area contributed by atoms with Crippen LogP contribution in [-0.4, -0.2) is 27.3 Å². The minimum absolute atomic E-state index is 0.0854.